The van der Waals surface area contributed by atoms with Crippen LogP contribution in [0.4, 0.5) is 62.8 Å². The molecule has 0 saturated heterocycles. The molecule has 0 bridgehead atoms. The van der Waals surface area contributed by atoms with Crippen molar-refractivity contribution in [3.05, 3.63) is 262 Å². The van der Waals surface area contributed by atoms with Crippen LogP contribution in [0.15, 0.2) is 133 Å². The minimum absolute atomic E-state index is 0.660. The van der Waals surface area contributed by atoms with E-state index in [9.17, 15) is 17.3 Å². The summed E-state index contributed by atoms with van der Waals surface area (Å²) in [6.07, 6.45) is 0. The van der Waals surface area contributed by atoms with Crippen molar-refractivity contribution in [3.8, 4) is 0 Å². The summed E-state index contributed by atoms with van der Waals surface area (Å²) in [7, 11) is -12.7. The van der Waals surface area contributed by atoms with Crippen LogP contribution in [-0.2, 0) is 0 Å². The molecular formula is C64H64B4Br8F4N16O8. The fourth-order valence-corrected chi connectivity index (χ4v) is 14.0. The van der Waals surface area contributed by atoms with Crippen LogP contribution in [0, 0.1) is 154 Å². The molecule has 0 saturated carbocycles. The Kier molecular flexibility index (Phi) is 54.6. The first-order valence-electron chi connectivity index (χ1n) is 28.9. The molecule has 24 nitrogen and oxygen atoms in total. The van der Waals surface area contributed by atoms with Gasteiger partial charge in [-0.15, -0.1) is 0 Å². The molecule has 0 aliphatic rings. The van der Waals surface area contributed by atoms with Crippen molar-refractivity contribution in [2.75, 3.05) is 0 Å². The van der Waals surface area contributed by atoms with Gasteiger partial charge in [-0.1, -0.05) is 127 Å². The van der Waals surface area contributed by atoms with E-state index in [2.05, 4.69) is 167 Å². The zero-order chi connectivity index (χ0) is 81.8. The molecular weight excluding hydrogens is 1880 g/mol. The number of rotatable bonds is 0. The fourth-order valence-electron chi connectivity index (χ4n) is 8.49. The molecule has 0 radical (unpaired) electrons. The summed E-state index contributed by atoms with van der Waals surface area (Å²) >= 11 is 26.8. The third-order valence-electron chi connectivity index (χ3n) is 12.4. The van der Waals surface area contributed by atoms with Gasteiger partial charge < -0.3 is 57.5 Å². The van der Waals surface area contributed by atoms with Gasteiger partial charge in [0.2, 0.25) is 43.1 Å². The molecule has 0 aliphatic heterocycles. The second-order valence-electron chi connectivity index (χ2n) is 21.0. The first-order valence-corrected chi connectivity index (χ1v) is 35.2. The number of hydrogen-bond acceptors (Lipinski definition) is 16. The molecule has 0 unspecified atom stereocenters. The first kappa shape index (κ1) is 103. The van der Waals surface area contributed by atoms with E-state index in [1.165, 1.54) is 0 Å². The van der Waals surface area contributed by atoms with Gasteiger partial charge in [0.25, 0.3) is 0 Å². The van der Waals surface area contributed by atoms with Crippen LogP contribution in [0.2, 0.25) is 0 Å². The minimum Gasteiger partial charge on any atom is -0.867 e. The van der Waals surface area contributed by atoms with Gasteiger partial charge in [0.1, 0.15) is 29.6 Å². The van der Waals surface area contributed by atoms with E-state index < -0.39 is 29.6 Å². The predicted octanol–water partition coefficient (Wildman–Crippen LogP) is 19.0. The maximum Gasteiger partial charge on any atom is 0.390 e. The molecule has 0 aliphatic carbocycles. The summed E-state index contributed by atoms with van der Waals surface area (Å²) in [6.45, 7) is 30.6. The highest BCUT2D eigenvalue weighted by Crippen LogP contribution is 2.33. The Balaban J connectivity index is -0.000000533. The first-order chi connectivity index (χ1) is 48.1. The third kappa shape index (κ3) is 44.4. The van der Waals surface area contributed by atoms with E-state index in [4.69, 9.17) is 83.3 Å². The lowest BCUT2D eigenvalue weighted by Crippen LogP contribution is -2.39. The highest BCUT2D eigenvalue weighted by atomic mass is 79.9. The summed E-state index contributed by atoms with van der Waals surface area (Å²) in [5.74, 6) is 0. The van der Waals surface area contributed by atoms with Gasteiger partial charge in [-0.05, 0) is 208 Å². The Morgan fingerprint density at radius 3 is 0.279 bits per heavy atom. The molecule has 0 heterocycles. The topological polar surface area (TPSA) is 410 Å². The van der Waals surface area contributed by atoms with Crippen molar-refractivity contribution in [2.45, 2.75) is 111 Å². The van der Waals surface area contributed by atoms with Crippen LogP contribution in [0.1, 0.15) is 89.0 Å². The van der Waals surface area contributed by atoms with Gasteiger partial charge in [-0.3, -0.25) is 0 Å². The number of halogens is 12. The zero-order valence-corrected chi connectivity index (χ0v) is 71.2. The number of hydrogen-bond donors (Lipinski definition) is 0. The van der Waals surface area contributed by atoms with E-state index in [-0.39, 0.29) is 0 Å². The van der Waals surface area contributed by atoms with E-state index in [1.54, 1.807) is 0 Å². The Hall–Kier alpha value is -7.38. The normalized spacial score (nSPS) is 8.88. The number of aryl methyl sites for hydroxylation is 16. The van der Waals surface area contributed by atoms with Gasteiger partial charge >= 0.3 is 45.5 Å². The highest BCUT2D eigenvalue weighted by Gasteiger charge is 2.20. The summed E-state index contributed by atoms with van der Waals surface area (Å²) < 4.78 is 47.7. The van der Waals surface area contributed by atoms with Crippen molar-refractivity contribution in [1.82, 2.24) is 0 Å². The van der Waals surface area contributed by atoms with Crippen LogP contribution in [-0.4, -0.2) is 29.6 Å². The lowest BCUT2D eigenvalue weighted by atomic mass is 10.1. The van der Waals surface area contributed by atoms with E-state index in [1.807, 2.05) is 208 Å². The molecule has 0 amide bonds. The molecule has 8 aromatic carbocycles. The Morgan fingerprint density at radius 1 is 0.192 bits per heavy atom. The van der Waals surface area contributed by atoms with Gasteiger partial charge in [0.15, 0.2) is 39.8 Å². The maximum absolute atomic E-state index is 9.89. The van der Waals surface area contributed by atoms with E-state index in [0.29, 0.717) is 45.5 Å². The predicted molar refractivity (Wildman–Crippen MR) is 414 cm³/mol. The van der Waals surface area contributed by atoms with Crippen LogP contribution in [0.5, 0.6) is 0 Å². The minimum atomic E-state index is -3.17. The largest absolute Gasteiger partial charge is 0.867 e. The van der Waals surface area contributed by atoms with E-state index in [0.717, 1.165) is 125 Å². The molecule has 104 heavy (non-hydrogen) atoms. The van der Waals surface area contributed by atoms with Gasteiger partial charge in [0.05, 0.1) is 0 Å². The molecule has 0 fully saturated rings. The Labute approximate surface area is 669 Å². The number of diazo groups is 8. The Morgan fingerprint density at radius 2 is 0.240 bits per heavy atom. The second kappa shape index (κ2) is 55.1. The van der Waals surface area contributed by atoms with Crippen molar-refractivity contribution in [3.63, 3.8) is 0 Å². The summed E-state index contributed by atoms with van der Waals surface area (Å²) in [6, 6.07) is 30.7. The maximum atomic E-state index is 9.89. The molecule has 8 rings (SSSR count). The SMILES string of the molecule is Cc1cc(Br)cc(C)c1[N+]#N.Cc1cc(Br)cc(C)c1[N+]#N.Cc1cc(Br)cc(C)c1[N+]#N.Cc1cc(Br)cc(C)c1[N+]#N.Cc1cc(Br)cc(C)c1[N+]#N.Cc1cc(Br)cc(C)c1[N+]#N.Cc1cc(Br)cc(C)c1[N+]#N.Cc1cc(Br)cc(C)c1[N+]#N.[O-]B([O-])F.[O-]B([O-])F.[O-]B([O-])F.[O-]B([O-])F. The third-order valence-corrected chi connectivity index (χ3v) is 16.1. The average Bonchev–Trinajstić information content (AvgIpc) is 0.939. The lowest BCUT2D eigenvalue weighted by molar-refractivity contribution is -0.368. The van der Waals surface area contributed by atoms with Gasteiger partial charge in [-0.2, -0.15) is 0 Å². The molecule has 0 N–H and O–H groups in total. The van der Waals surface area contributed by atoms with Crippen molar-refractivity contribution in [1.29, 1.82) is 43.1 Å². The lowest BCUT2D eigenvalue weighted by Gasteiger charge is -2.09. The highest BCUT2D eigenvalue weighted by molar-refractivity contribution is 9.11. The van der Waals surface area contributed by atoms with Gasteiger partial charge in [-0.25, -0.2) is 0 Å². The Bertz CT molecular complexity index is 3500. The van der Waals surface area contributed by atoms with E-state index >= 15 is 0 Å². The molecule has 8 aromatic rings. The van der Waals surface area contributed by atoms with Crippen LogP contribution in [0.25, 0.3) is 39.8 Å². The monoisotopic (exact) mass is 1940 g/mol. The summed E-state index contributed by atoms with van der Waals surface area (Å²) in [4.78, 5) is 25.5. The molecule has 0 spiro atoms. The van der Waals surface area contributed by atoms with Crippen LogP contribution in [0.3, 0.4) is 0 Å². The molecule has 40 heteroatoms. The van der Waals surface area contributed by atoms with Crippen molar-refractivity contribution >= 4 is 203 Å². The zero-order valence-electron chi connectivity index (χ0n) is 58.5. The molecule has 0 atom stereocenters. The fraction of sp³-hybridized carbons (Fsp3) is 0.250. The smallest absolute Gasteiger partial charge is 0.390 e. The van der Waals surface area contributed by atoms with Crippen molar-refractivity contribution < 1.29 is 57.5 Å². The van der Waals surface area contributed by atoms with Crippen LogP contribution < -0.4 is 40.2 Å². The quantitative estimate of drug-likeness (QED) is 0.0773. The number of benzene rings is 8. The molecule has 0 aromatic heterocycles. The van der Waals surface area contributed by atoms with Crippen LogP contribution >= 0.6 is 127 Å². The second-order valence-corrected chi connectivity index (χ2v) is 28.3. The average molecular weight is 1940 g/mol. The molecule has 544 valence electrons. The van der Waals surface area contributed by atoms with Crippen molar-refractivity contribution in [2.24, 2.45) is 0 Å². The standard InChI is InChI=1S/8C8H8BrN2.4BFO2/c8*1-5-3-7(9)4-6(2)8(5)11-10;4*2-1(3)4/h8*3-4H,1-2H3;;;;/q8*+1;4*-2. The summed E-state index contributed by atoms with van der Waals surface area (Å²) in [5, 5.41) is 135. The van der Waals surface area contributed by atoms with Gasteiger partial charge in [0, 0.05) is 125 Å². The summed E-state index contributed by atoms with van der Waals surface area (Å²) in [5.41, 5.74) is 20.8. The number of nitrogens with zero attached hydrogens (tertiary/aromatic N) is 16.